The van der Waals surface area contributed by atoms with Crippen LogP contribution in [0.25, 0.3) is 17.5 Å². The second-order valence-corrected chi connectivity index (χ2v) is 7.05. The minimum Gasteiger partial charge on any atom is -0.494 e. The normalized spacial score (nSPS) is 11.2. The number of rotatable bonds is 12. The predicted octanol–water partition coefficient (Wildman–Crippen LogP) is 5.03. The lowest BCUT2D eigenvalue weighted by Crippen LogP contribution is -2.11. The molecule has 0 amide bonds. The molecule has 0 aliphatic heterocycles. The van der Waals surface area contributed by atoms with E-state index in [4.69, 9.17) is 4.74 Å². The van der Waals surface area contributed by atoms with E-state index in [1.807, 2.05) is 24.3 Å². The first-order valence-electron chi connectivity index (χ1n) is 10.4. The lowest BCUT2D eigenvalue weighted by Gasteiger charge is -2.07. The van der Waals surface area contributed by atoms with Crippen LogP contribution in [0.15, 0.2) is 42.1 Å². The molecule has 0 saturated carbocycles. The molecular formula is C24H30N2O4. The number of unbranched alkanes of at least 4 members (excludes halogenated alkanes) is 5. The van der Waals surface area contributed by atoms with Crippen molar-refractivity contribution in [3.05, 3.63) is 47.8 Å². The molecule has 0 N–H and O–H groups in total. The maximum atomic E-state index is 11.8. The van der Waals surface area contributed by atoms with Crippen LogP contribution in [0.3, 0.4) is 0 Å². The Hall–Kier alpha value is -3.02. The SMILES string of the molecule is CCCCCCCCOc1ccc(-c2nccc(/C=C(/C(C)=O)C(=O)OC)n2)cc1. The molecule has 0 atom stereocenters. The molecule has 1 aromatic carbocycles. The average molecular weight is 411 g/mol. The molecule has 30 heavy (non-hydrogen) atoms. The molecule has 1 heterocycles. The molecule has 0 aliphatic rings. The first-order chi connectivity index (χ1) is 14.5. The number of methoxy groups -OCH3 is 1. The van der Waals surface area contributed by atoms with Gasteiger partial charge in [0.2, 0.25) is 0 Å². The molecular weight excluding hydrogens is 380 g/mol. The van der Waals surface area contributed by atoms with E-state index in [0.717, 1.165) is 17.7 Å². The minimum absolute atomic E-state index is 0.0550. The summed E-state index contributed by atoms with van der Waals surface area (Å²) < 4.78 is 10.5. The Kier molecular flexibility index (Phi) is 9.71. The summed E-state index contributed by atoms with van der Waals surface area (Å²) in [5.74, 6) is 0.246. The first-order valence-corrected chi connectivity index (χ1v) is 10.4. The van der Waals surface area contributed by atoms with Gasteiger partial charge in [0.05, 0.1) is 19.4 Å². The highest BCUT2D eigenvalue weighted by Gasteiger charge is 2.15. The van der Waals surface area contributed by atoms with Crippen LogP contribution in [0.1, 0.15) is 58.1 Å². The van der Waals surface area contributed by atoms with Gasteiger partial charge in [-0.25, -0.2) is 14.8 Å². The standard InChI is InChI=1S/C24H30N2O4/c1-4-5-6-7-8-9-16-30-21-12-10-19(11-13-21)23-25-15-14-20(26-23)17-22(18(2)27)24(28)29-3/h10-15,17H,4-9,16H2,1-3H3/b22-17-. The first kappa shape index (κ1) is 23.3. The fourth-order valence-electron chi connectivity index (χ4n) is 2.93. The highest BCUT2D eigenvalue weighted by atomic mass is 16.5. The van der Waals surface area contributed by atoms with Gasteiger partial charge in [-0.05, 0) is 49.8 Å². The van der Waals surface area contributed by atoms with E-state index in [1.54, 1.807) is 12.3 Å². The molecule has 6 nitrogen and oxygen atoms in total. The number of ether oxygens (including phenoxy) is 2. The number of carbonyl (C=O) groups excluding carboxylic acids is 2. The highest BCUT2D eigenvalue weighted by Crippen LogP contribution is 2.20. The van der Waals surface area contributed by atoms with Crippen molar-refractivity contribution in [1.29, 1.82) is 0 Å². The van der Waals surface area contributed by atoms with E-state index in [2.05, 4.69) is 21.6 Å². The smallest absolute Gasteiger partial charge is 0.341 e. The zero-order valence-corrected chi connectivity index (χ0v) is 18.0. The maximum absolute atomic E-state index is 11.8. The molecule has 0 aliphatic carbocycles. The quantitative estimate of drug-likeness (QED) is 0.161. The zero-order valence-electron chi connectivity index (χ0n) is 18.0. The van der Waals surface area contributed by atoms with Crippen LogP contribution in [-0.4, -0.2) is 35.4 Å². The van der Waals surface area contributed by atoms with Crippen LogP contribution in [0.4, 0.5) is 0 Å². The van der Waals surface area contributed by atoms with Crippen molar-refractivity contribution in [2.75, 3.05) is 13.7 Å². The lowest BCUT2D eigenvalue weighted by atomic mass is 10.1. The summed E-state index contributed by atoms with van der Waals surface area (Å²) in [5, 5.41) is 0. The lowest BCUT2D eigenvalue weighted by molar-refractivity contribution is -0.137. The van der Waals surface area contributed by atoms with E-state index in [9.17, 15) is 9.59 Å². The molecule has 0 spiro atoms. The number of aromatic nitrogens is 2. The largest absolute Gasteiger partial charge is 0.494 e. The molecule has 2 aromatic rings. The molecule has 160 valence electrons. The van der Waals surface area contributed by atoms with Crippen molar-refractivity contribution < 1.29 is 19.1 Å². The fraction of sp³-hybridized carbons (Fsp3) is 0.417. The monoisotopic (exact) mass is 410 g/mol. The van der Waals surface area contributed by atoms with Crippen LogP contribution in [0.2, 0.25) is 0 Å². The fourth-order valence-corrected chi connectivity index (χ4v) is 2.93. The number of esters is 1. The maximum Gasteiger partial charge on any atom is 0.341 e. The number of ketones is 1. The molecule has 2 rings (SSSR count). The van der Waals surface area contributed by atoms with Crippen LogP contribution in [-0.2, 0) is 14.3 Å². The van der Waals surface area contributed by atoms with Gasteiger partial charge >= 0.3 is 5.97 Å². The van der Waals surface area contributed by atoms with Crippen LogP contribution >= 0.6 is 0 Å². The molecule has 0 unspecified atom stereocenters. The topological polar surface area (TPSA) is 78.4 Å². The van der Waals surface area contributed by atoms with Gasteiger partial charge in [-0.2, -0.15) is 0 Å². The molecule has 1 aromatic heterocycles. The van der Waals surface area contributed by atoms with Crippen molar-refractivity contribution in [3.8, 4) is 17.1 Å². The summed E-state index contributed by atoms with van der Waals surface area (Å²) in [4.78, 5) is 32.2. The molecule has 6 heteroatoms. The number of benzene rings is 1. The summed E-state index contributed by atoms with van der Waals surface area (Å²) >= 11 is 0. The van der Waals surface area contributed by atoms with Gasteiger partial charge < -0.3 is 9.47 Å². The summed E-state index contributed by atoms with van der Waals surface area (Å²) in [5.41, 5.74) is 1.22. The van der Waals surface area contributed by atoms with Gasteiger partial charge in [0, 0.05) is 11.8 Å². The number of Topliss-reactive ketones (excluding diaryl/α,β-unsaturated/α-hetero) is 1. The van der Waals surface area contributed by atoms with E-state index in [0.29, 0.717) is 18.1 Å². The van der Waals surface area contributed by atoms with Gasteiger partial charge in [-0.15, -0.1) is 0 Å². The van der Waals surface area contributed by atoms with Crippen molar-refractivity contribution >= 4 is 17.8 Å². The van der Waals surface area contributed by atoms with E-state index in [1.165, 1.54) is 52.2 Å². The summed E-state index contributed by atoms with van der Waals surface area (Å²) in [6, 6.07) is 9.21. The van der Waals surface area contributed by atoms with E-state index >= 15 is 0 Å². The van der Waals surface area contributed by atoms with Gasteiger partial charge in [0.1, 0.15) is 11.3 Å². The third kappa shape index (κ3) is 7.43. The molecule has 0 saturated heterocycles. The van der Waals surface area contributed by atoms with Crippen molar-refractivity contribution in [2.45, 2.75) is 52.4 Å². The minimum atomic E-state index is -0.686. The third-order valence-electron chi connectivity index (χ3n) is 4.63. The Balaban J connectivity index is 1.99. The summed E-state index contributed by atoms with van der Waals surface area (Å²) in [6.45, 7) is 4.24. The molecule has 0 fully saturated rings. The highest BCUT2D eigenvalue weighted by molar-refractivity contribution is 6.19. The van der Waals surface area contributed by atoms with Crippen molar-refractivity contribution in [1.82, 2.24) is 9.97 Å². The van der Waals surface area contributed by atoms with Gasteiger partial charge in [-0.1, -0.05) is 39.0 Å². The number of hydrogen-bond acceptors (Lipinski definition) is 6. The Morgan fingerprint density at radius 3 is 2.37 bits per heavy atom. The van der Waals surface area contributed by atoms with Gasteiger partial charge in [0.15, 0.2) is 11.6 Å². The average Bonchev–Trinajstić information content (AvgIpc) is 2.77. The van der Waals surface area contributed by atoms with Crippen molar-refractivity contribution in [2.24, 2.45) is 0 Å². The Bertz CT molecular complexity index is 860. The Labute approximate surface area is 178 Å². The van der Waals surface area contributed by atoms with E-state index < -0.39 is 5.97 Å². The number of hydrogen-bond donors (Lipinski definition) is 0. The van der Waals surface area contributed by atoms with Crippen LogP contribution in [0, 0.1) is 0 Å². The second-order valence-electron chi connectivity index (χ2n) is 7.05. The van der Waals surface area contributed by atoms with E-state index in [-0.39, 0.29) is 11.4 Å². The Morgan fingerprint density at radius 1 is 1.00 bits per heavy atom. The van der Waals surface area contributed by atoms with Crippen molar-refractivity contribution in [3.63, 3.8) is 0 Å². The number of carbonyl (C=O) groups is 2. The summed E-state index contributed by atoms with van der Waals surface area (Å²) in [6.07, 6.45) is 10.4. The zero-order chi connectivity index (χ0) is 21.8. The summed E-state index contributed by atoms with van der Waals surface area (Å²) in [7, 11) is 1.24. The number of nitrogens with zero attached hydrogens (tertiary/aromatic N) is 2. The Morgan fingerprint density at radius 2 is 1.70 bits per heavy atom. The molecule has 0 radical (unpaired) electrons. The van der Waals surface area contributed by atoms with Crippen LogP contribution in [0.5, 0.6) is 5.75 Å². The van der Waals surface area contributed by atoms with Crippen LogP contribution < -0.4 is 4.74 Å². The predicted molar refractivity (Wildman–Crippen MR) is 117 cm³/mol. The second kappa shape index (κ2) is 12.5. The van der Waals surface area contributed by atoms with Gasteiger partial charge in [-0.3, -0.25) is 4.79 Å². The molecule has 0 bridgehead atoms. The third-order valence-corrected chi connectivity index (χ3v) is 4.63. The van der Waals surface area contributed by atoms with Gasteiger partial charge in [0.25, 0.3) is 0 Å².